The lowest BCUT2D eigenvalue weighted by molar-refractivity contribution is 0.412. The summed E-state index contributed by atoms with van der Waals surface area (Å²) in [6, 6.07) is 1.83. The standard InChI is InChI=1S/C14H18ClN3O/c1-7-8(2)14(19-5)12(9(3)13(7)15)10-6-11(16)18(4)17-10/h6H,16H2,1-5H3. The second-order valence-electron chi connectivity index (χ2n) is 4.68. The number of rotatable bonds is 2. The van der Waals surface area contributed by atoms with Crippen molar-refractivity contribution in [2.45, 2.75) is 20.8 Å². The van der Waals surface area contributed by atoms with Crippen molar-refractivity contribution < 1.29 is 4.74 Å². The summed E-state index contributed by atoms with van der Waals surface area (Å²) in [7, 11) is 3.47. The van der Waals surface area contributed by atoms with Gasteiger partial charge in [-0.2, -0.15) is 5.10 Å². The third kappa shape index (κ3) is 2.06. The molecule has 1 heterocycles. The zero-order valence-electron chi connectivity index (χ0n) is 11.8. The molecule has 0 atom stereocenters. The summed E-state index contributed by atoms with van der Waals surface area (Å²) in [5.41, 5.74) is 10.5. The number of nitrogen functional groups attached to an aromatic ring is 1. The molecule has 4 nitrogen and oxygen atoms in total. The van der Waals surface area contributed by atoms with Gasteiger partial charge in [0.2, 0.25) is 0 Å². The Bertz CT molecular complexity index is 627. The van der Waals surface area contributed by atoms with Gasteiger partial charge in [-0.1, -0.05) is 11.6 Å². The van der Waals surface area contributed by atoms with Crippen molar-refractivity contribution in [2.75, 3.05) is 12.8 Å². The molecule has 19 heavy (non-hydrogen) atoms. The van der Waals surface area contributed by atoms with Gasteiger partial charge in [0, 0.05) is 23.7 Å². The van der Waals surface area contributed by atoms with Crippen molar-refractivity contribution in [3.05, 3.63) is 27.8 Å². The number of halogens is 1. The molecule has 0 radical (unpaired) electrons. The fourth-order valence-electron chi connectivity index (χ4n) is 2.25. The number of aromatic nitrogens is 2. The first kappa shape index (κ1) is 13.7. The first-order chi connectivity index (χ1) is 8.88. The monoisotopic (exact) mass is 279 g/mol. The van der Waals surface area contributed by atoms with Crippen molar-refractivity contribution in [1.82, 2.24) is 9.78 Å². The lowest BCUT2D eigenvalue weighted by Gasteiger charge is -2.17. The van der Waals surface area contributed by atoms with Gasteiger partial charge in [0.25, 0.3) is 0 Å². The van der Waals surface area contributed by atoms with Crippen LogP contribution in [-0.4, -0.2) is 16.9 Å². The maximum atomic E-state index is 6.39. The first-order valence-corrected chi connectivity index (χ1v) is 6.39. The Morgan fingerprint density at radius 2 is 1.84 bits per heavy atom. The topological polar surface area (TPSA) is 53.1 Å². The van der Waals surface area contributed by atoms with Gasteiger partial charge in [-0.05, 0) is 37.5 Å². The van der Waals surface area contributed by atoms with Crippen LogP contribution in [0.5, 0.6) is 5.75 Å². The maximum absolute atomic E-state index is 6.39. The van der Waals surface area contributed by atoms with Gasteiger partial charge in [0.15, 0.2) is 0 Å². The Morgan fingerprint density at radius 3 is 2.32 bits per heavy atom. The number of hydrogen-bond acceptors (Lipinski definition) is 3. The summed E-state index contributed by atoms with van der Waals surface area (Å²) in [6.07, 6.45) is 0. The lowest BCUT2D eigenvalue weighted by Crippen LogP contribution is -2.00. The molecule has 0 fully saturated rings. The van der Waals surface area contributed by atoms with Crippen LogP contribution in [0.4, 0.5) is 5.82 Å². The summed E-state index contributed by atoms with van der Waals surface area (Å²) >= 11 is 6.39. The number of anilines is 1. The first-order valence-electron chi connectivity index (χ1n) is 6.01. The maximum Gasteiger partial charge on any atom is 0.131 e. The molecule has 1 aromatic carbocycles. The third-order valence-corrected chi connectivity index (χ3v) is 4.11. The van der Waals surface area contributed by atoms with Gasteiger partial charge in [0.05, 0.1) is 12.8 Å². The molecule has 0 saturated carbocycles. The summed E-state index contributed by atoms with van der Waals surface area (Å²) < 4.78 is 7.18. The van der Waals surface area contributed by atoms with Gasteiger partial charge >= 0.3 is 0 Å². The van der Waals surface area contributed by atoms with E-state index in [2.05, 4.69) is 5.10 Å². The van der Waals surface area contributed by atoms with Gasteiger partial charge in [-0.25, -0.2) is 0 Å². The zero-order chi connectivity index (χ0) is 14.3. The molecule has 2 rings (SSSR count). The van der Waals surface area contributed by atoms with E-state index in [1.807, 2.05) is 33.9 Å². The second-order valence-corrected chi connectivity index (χ2v) is 5.05. The number of ether oxygens (including phenoxy) is 1. The van der Waals surface area contributed by atoms with Crippen molar-refractivity contribution in [3.63, 3.8) is 0 Å². The molecule has 0 amide bonds. The minimum atomic E-state index is 0.603. The van der Waals surface area contributed by atoms with Gasteiger partial charge < -0.3 is 10.5 Å². The van der Waals surface area contributed by atoms with E-state index in [4.69, 9.17) is 22.1 Å². The van der Waals surface area contributed by atoms with Gasteiger partial charge in [-0.3, -0.25) is 4.68 Å². The molecule has 5 heteroatoms. The summed E-state index contributed by atoms with van der Waals surface area (Å²) in [5, 5.41) is 5.16. The van der Waals surface area contributed by atoms with Crippen molar-refractivity contribution >= 4 is 17.4 Å². The predicted molar refractivity (Wildman–Crippen MR) is 78.8 cm³/mol. The van der Waals surface area contributed by atoms with Crippen molar-refractivity contribution in [1.29, 1.82) is 0 Å². The van der Waals surface area contributed by atoms with Gasteiger partial charge in [-0.15, -0.1) is 0 Å². The molecule has 0 saturated heterocycles. The van der Waals surface area contributed by atoms with Gasteiger partial charge in [0.1, 0.15) is 11.6 Å². The quantitative estimate of drug-likeness (QED) is 0.918. The Labute approximate surface area is 118 Å². The SMILES string of the molecule is COc1c(C)c(C)c(Cl)c(C)c1-c1cc(N)n(C)n1. The zero-order valence-corrected chi connectivity index (χ0v) is 12.6. The van der Waals surface area contributed by atoms with E-state index < -0.39 is 0 Å². The fourth-order valence-corrected chi connectivity index (χ4v) is 2.49. The van der Waals surface area contributed by atoms with E-state index >= 15 is 0 Å². The summed E-state index contributed by atoms with van der Waals surface area (Å²) in [5.74, 6) is 1.41. The number of benzene rings is 1. The Hall–Kier alpha value is -1.68. The number of nitrogens with zero attached hydrogens (tertiary/aromatic N) is 2. The summed E-state index contributed by atoms with van der Waals surface area (Å²) in [4.78, 5) is 0. The van der Waals surface area contributed by atoms with E-state index in [1.54, 1.807) is 11.8 Å². The Balaban J connectivity index is 2.82. The van der Waals surface area contributed by atoms with Crippen LogP contribution in [0, 0.1) is 20.8 Å². The molecule has 0 spiro atoms. The van der Waals surface area contributed by atoms with Crippen LogP contribution in [0.2, 0.25) is 5.02 Å². The third-order valence-electron chi connectivity index (χ3n) is 3.54. The minimum absolute atomic E-state index is 0.603. The average Bonchev–Trinajstić information content (AvgIpc) is 2.70. The molecule has 0 aliphatic heterocycles. The Morgan fingerprint density at radius 1 is 1.21 bits per heavy atom. The highest BCUT2D eigenvalue weighted by Gasteiger charge is 2.20. The molecule has 2 aromatic rings. The van der Waals surface area contributed by atoms with Crippen molar-refractivity contribution in [3.8, 4) is 17.0 Å². The number of aryl methyl sites for hydroxylation is 1. The molecule has 0 aliphatic rings. The molecule has 0 aliphatic carbocycles. The normalized spacial score (nSPS) is 10.8. The predicted octanol–water partition coefficient (Wildman–Crippen LogP) is 3.26. The van der Waals surface area contributed by atoms with Crippen LogP contribution >= 0.6 is 11.6 Å². The number of methoxy groups -OCH3 is 1. The highest BCUT2D eigenvalue weighted by molar-refractivity contribution is 6.32. The van der Waals surface area contributed by atoms with Crippen LogP contribution in [0.1, 0.15) is 16.7 Å². The molecule has 0 bridgehead atoms. The number of hydrogen-bond donors (Lipinski definition) is 1. The highest BCUT2D eigenvalue weighted by atomic mass is 35.5. The smallest absolute Gasteiger partial charge is 0.131 e. The molecular formula is C14H18ClN3O. The minimum Gasteiger partial charge on any atom is -0.496 e. The molecule has 102 valence electrons. The molecular weight excluding hydrogens is 262 g/mol. The fraction of sp³-hybridized carbons (Fsp3) is 0.357. The van der Waals surface area contributed by atoms with E-state index in [9.17, 15) is 0 Å². The highest BCUT2D eigenvalue weighted by Crippen LogP contribution is 2.41. The van der Waals surface area contributed by atoms with Crippen LogP contribution < -0.4 is 10.5 Å². The lowest BCUT2D eigenvalue weighted by atomic mass is 9.96. The molecule has 2 N–H and O–H groups in total. The Kier molecular flexibility index (Phi) is 3.45. The molecule has 1 aromatic heterocycles. The second kappa shape index (κ2) is 4.78. The van der Waals surface area contributed by atoms with Crippen LogP contribution in [0.25, 0.3) is 11.3 Å². The van der Waals surface area contributed by atoms with E-state index in [1.165, 1.54) is 0 Å². The molecule has 0 unspecified atom stereocenters. The van der Waals surface area contributed by atoms with Crippen LogP contribution in [-0.2, 0) is 7.05 Å². The van der Waals surface area contributed by atoms with E-state index in [-0.39, 0.29) is 0 Å². The van der Waals surface area contributed by atoms with Crippen molar-refractivity contribution in [2.24, 2.45) is 7.05 Å². The van der Waals surface area contributed by atoms with E-state index in [0.717, 1.165) is 38.7 Å². The van der Waals surface area contributed by atoms with Crippen LogP contribution in [0.15, 0.2) is 6.07 Å². The van der Waals surface area contributed by atoms with E-state index in [0.29, 0.717) is 5.82 Å². The van der Waals surface area contributed by atoms with Crippen LogP contribution in [0.3, 0.4) is 0 Å². The number of nitrogens with two attached hydrogens (primary N) is 1. The summed E-state index contributed by atoms with van der Waals surface area (Å²) in [6.45, 7) is 5.95. The largest absolute Gasteiger partial charge is 0.496 e. The average molecular weight is 280 g/mol.